The van der Waals surface area contributed by atoms with Crippen molar-refractivity contribution in [1.82, 2.24) is 4.98 Å². The van der Waals surface area contributed by atoms with Crippen LogP contribution in [0, 0.1) is 0 Å². The van der Waals surface area contributed by atoms with Gasteiger partial charge in [-0.15, -0.1) is 0 Å². The number of nitrogen functional groups attached to an aromatic ring is 1. The topological polar surface area (TPSA) is 48.1 Å². The Hall–Kier alpha value is -1.98. The number of methoxy groups -OCH3 is 1. The number of pyridine rings is 1. The summed E-state index contributed by atoms with van der Waals surface area (Å²) in [6.45, 7) is 0. The molecule has 0 fully saturated rings. The van der Waals surface area contributed by atoms with Crippen LogP contribution in [-0.4, -0.2) is 12.1 Å². The monoisotopic (exact) mass is 242 g/mol. The second-order valence-electron chi connectivity index (χ2n) is 3.47. The first-order valence-corrected chi connectivity index (χ1v) is 4.73. The van der Waals surface area contributed by atoms with E-state index in [1.165, 1.54) is 19.2 Å². The molecule has 0 aliphatic heterocycles. The molecule has 17 heavy (non-hydrogen) atoms. The SMILES string of the molecule is COc1ccc2c(N)ncc(C(F)(F)F)c2c1. The smallest absolute Gasteiger partial charge is 0.418 e. The van der Waals surface area contributed by atoms with Crippen LogP contribution in [0.1, 0.15) is 5.56 Å². The van der Waals surface area contributed by atoms with E-state index in [0.29, 0.717) is 5.75 Å². The van der Waals surface area contributed by atoms with Gasteiger partial charge in [0.05, 0.1) is 12.7 Å². The lowest BCUT2D eigenvalue weighted by Gasteiger charge is -2.12. The van der Waals surface area contributed by atoms with Gasteiger partial charge in [0.2, 0.25) is 0 Å². The van der Waals surface area contributed by atoms with E-state index in [9.17, 15) is 13.2 Å². The second kappa shape index (κ2) is 3.80. The number of benzene rings is 1. The molecule has 2 rings (SSSR count). The number of anilines is 1. The summed E-state index contributed by atoms with van der Waals surface area (Å²) < 4.78 is 43.2. The Morgan fingerprint density at radius 2 is 1.94 bits per heavy atom. The highest BCUT2D eigenvalue weighted by Gasteiger charge is 2.33. The standard InChI is InChI=1S/C11H9F3N2O/c1-17-6-2-3-7-8(4-6)9(11(12,13)14)5-16-10(7)15/h2-5H,1H3,(H2,15,16). The van der Waals surface area contributed by atoms with Crippen LogP contribution in [-0.2, 0) is 6.18 Å². The summed E-state index contributed by atoms with van der Waals surface area (Å²) in [7, 11) is 1.39. The molecule has 0 aliphatic carbocycles. The molecule has 0 unspecified atom stereocenters. The third-order valence-corrected chi connectivity index (χ3v) is 2.43. The maximum absolute atomic E-state index is 12.8. The van der Waals surface area contributed by atoms with Gasteiger partial charge in [0.25, 0.3) is 0 Å². The molecule has 0 aliphatic rings. The minimum atomic E-state index is -4.47. The lowest BCUT2D eigenvalue weighted by Crippen LogP contribution is -2.08. The molecule has 3 nitrogen and oxygen atoms in total. The van der Waals surface area contributed by atoms with Crippen LogP contribution < -0.4 is 10.5 Å². The fourth-order valence-electron chi connectivity index (χ4n) is 1.60. The molecule has 6 heteroatoms. The number of alkyl halides is 3. The average Bonchev–Trinajstić information content (AvgIpc) is 2.27. The van der Waals surface area contributed by atoms with Crippen molar-refractivity contribution in [2.75, 3.05) is 12.8 Å². The molecule has 0 atom stereocenters. The third-order valence-electron chi connectivity index (χ3n) is 2.43. The predicted molar refractivity (Wildman–Crippen MR) is 57.7 cm³/mol. The number of aromatic nitrogens is 1. The first-order chi connectivity index (χ1) is 7.93. The highest BCUT2D eigenvalue weighted by molar-refractivity contribution is 5.94. The maximum Gasteiger partial charge on any atom is 0.418 e. The van der Waals surface area contributed by atoms with Gasteiger partial charge in [0.15, 0.2) is 0 Å². The Labute approximate surface area is 95.0 Å². The van der Waals surface area contributed by atoms with Crippen molar-refractivity contribution in [3.05, 3.63) is 30.0 Å². The number of halogens is 3. The summed E-state index contributed by atoms with van der Waals surface area (Å²) in [5.41, 5.74) is 4.72. The maximum atomic E-state index is 12.8. The summed E-state index contributed by atoms with van der Waals surface area (Å²) in [5.74, 6) is 0.407. The van der Waals surface area contributed by atoms with Gasteiger partial charge in [-0.25, -0.2) is 4.98 Å². The Morgan fingerprint density at radius 3 is 2.53 bits per heavy atom. The van der Waals surface area contributed by atoms with Crippen LogP contribution in [0.3, 0.4) is 0 Å². The van der Waals surface area contributed by atoms with Gasteiger partial charge in [0, 0.05) is 17.0 Å². The molecule has 1 heterocycles. The second-order valence-corrected chi connectivity index (χ2v) is 3.47. The van der Waals surface area contributed by atoms with E-state index in [1.807, 2.05) is 0 Å². The van der Waals surface area contributed by atoms with Gasteiger partial charge < -0.3 is 10.5 Å². The molecular formula is C11H9F3N2O. The zero-order chi connectivity index (χ0) is 12.6. The van der Waals surface area contributed by atoms with Crippen molar-refractivity contribution in [2.24, 2.45) is 0 Å². The Bertz CT molecular complexity index is 566. The third kappa shape index (κ3) is 1.98. The number of rotatable bonds is 1. The number of hydrogen-bond acceptors (Lipinski definition) is 3. The number of nitrogens with two attached hydrogens (primary N) is 1. The van der Waals surface area contributed by atoms with Crippen LogP contribution in [0.15, 0.2) is 24.4 Å². The molecule has 2 aromatic rings. The van der Waals surface area contributed by atoms with Gasteiger partial charge in [-0.2, -0.15) is 13.2 Å². The quantitative estimate of drug-likeness (QED) is 0.836. The van der Waals surface area contributed by atoms with E-state index in [2.05, 4.69) is 4.98 Å². The lowest BCUT2D eigenvalue weighted by atomic mass is 10.1. The molecule has 0 saturated carbocycles. The lowest BCUT2D eigenvalue weighted by molar-refractivity contribution is -0.136. The van der Waals surface area contributed by atoms with Crippen molar-refractivity contribution < 1.29 is 17.9 Å². The summed E-state index contributed by atoms with van der Waals surface area (Å²) in [4.78, 5) is 3.55. The van der Waals surface area contributed by atoms with Gasteiger partial charge in [0.1, 0.15) is 11.6 Å². The molecule has 0 spiro atoms. The first kappa shape index (κ1) is 11.5. The van der Waals surface area contributed by atoms with Gasteiger partial charge in [-0.1, -0.05) is 0 Å². The normalized spacial score (nSPS) is 11.8. The summed E-state index contributed by atoms with van der Waals surface area (Å²) >= 11 is 0. The van der Waals surface area contributed by atoms with E-state index in [0.717, 1.165) is 6.20 Å². The molecular weight excluding hydrogens is 233 g/mol. The predicted octanol–water partition coefficient (Wildman–Crippen LogP) is 2.84. The van der Waals surface area contributed by atoms with E-state index in [4.69, 9.17) is 10.5 Å². The summed E-state index contributed by atoms with van der Waals surface area (Å²) in [5, 5.41) is 0.255. The minimum absolute atomic E-state index is 0.00986. The van der Waals surface area contributed by atoms with Crippen LogP contribution in [0.2, 0.25) is 0 Å². The van der Waals surface area contributed by atoms with Crippen LogP contribution in [0.4, 0.5) is 19.0 Å². The van der Waals surface area contributed by atoms with E-state index >= 15 is 0 Å². The molecule has 1 aromatic carbocycles. The number of fused-ring (bicyclic) bond motifs is 1. The van der Waals surface area contributed by atoms with E-state index in [-0.39, 0.29) is 16.6 Å². The first-order valence-electron chi connectivity index (χ1n) is 4.73. The average molecular weight is 242 g/mol. The summed E-state index contributed by atoms with van der Waals surface area (Å²) in [6.07, 6.45) is -3.73. The Balaban J connectivity index is 2.81. The highest BCUT2D eigenvalue weighted by Crippen LogP contribution is 2.37. The Kier molecular flexibility index (Phi) is 2.57. The Morgan fingerprint density at radius 1 is 1.24 bits per heavy atom. The molecule has 1 aromatic heterocycles. The zero-order valence-electron chi connectivity index (χ0n) is 8.88. The van der Waals surface area contributed by atoms with Gasteiger partial charge >= 0.3 is 6.18 Å². The van der Waals surface area contributed by atoms with Crippen molar-refractivity contribution >= 4 is 16.6 Å². The van der Waals surface area contributed by atoms with E-state index < -0.39 is 11.7 Å². The zero-order valence-corrected chi connectivity index (χ0v) is 8.88. The molecule has 0 saturated heterocycles. The van der Waals surface area contributed by atoms with Crippen molar-refractivity contribution in [2.45, 2.75) is 6.18 Å². The van der Waals surface area contributed by atoms with Crippen molar-refractivity contribution in [3.63, 3.8) is 0 Å². The van der Waals surface area contributed by atoms with E-state index in [1.54, 1.807) is 6.07 Å². The number of ether oxygens (including phenoxy) is 1. The van der Waals surface area contributed by atoms with Crippen LogP contribution >= 0.6 is 0 Å². The number of nitrogens with zero attached hydrogens (tertiary/aromatic N) is 1. The molecule has 2 N–H and O–H groups in total. The number of hydrogen-bond donors (Lipinski definition) is 1. The fourth-order valence-corrected chi connectivity index (χ4v) is 1.60. The summed E-state index contributed by atoms with van der Waals surface area (Å²) in [6, 6.07) is 4.31. The minimum Gasteiger partial charge on any atom is -0.497 e. The van der Waals surface area contributed by atoms with Gasteiger partial charge in [-0.05, 0) is 18.2 Å². The van der Waals surface area contributed by atoms with Crippen LogP contribution in [0.5, 0.6) is 5.75 Å². The largest absolute Gasteiger partial charge is 0.497 e. The molecule has 0 bridgehead atoms. The van der Waals surface area contributed by atoms with Crippen molar-refractivity contribution in [3.8, 4) is 5.75 Å². The van der Waals surface area contributed by atoms with Gasteiger partial charge in [-0.3, -0.25) is 0 Å². The fraction of sp³-hybridized carbons (Fsp3) is 0.182. The highest BCUT2D eigenvalue weighted by atomic mass is 19.4. The molecule has 0 amide bonds. The molecule has 0 radical (unpaired) electrons. The van der Waals surface area contributed by atoms with Crippen LogP contribution in [0.25, 0.3) is 10.8 Å². The molecule has 90 valence electrons. The van der Waals surface area contributed by atoms with Crippen molar-refractivity contribution in [1.29, 1.82) is 0 Å².